The number of ether oxygens (including phenoxy) is 1. The highest BCUT2D eigenvalue weighted by molar-refractivity contribution is 7.85. The Labute approximate surface area is 114 Å². The van der Waals surface area contributed by atoms with Gasteiger partial charge in [0.05, 0.1) is 6.26 Å². The number of hydrogen-bond donors (Lipinski definition) is 0. The number of hydrogen-bond acceptors (Lipinski definition) is 4. The average Bonchev–Trinajstić information content (AvgIpc) is 2.63. The zero-order valence-electron chi connectivity index (χ0n) is 12.0. The van der Waals surface area contributed by atoms with E-state index in [1.54, 1.807) is 0 Å². The lowest BCUT2D eigenvalue weighted by atomic mass is 9.94. The molecule has 0 unspecified atom stereocenters. The molecule has 106 valence electrons. The molecule has 0 saturated heterocycles. The molecule has 1 atom stereocenters. The number of aryl methyl sites for hydroxylation is 2. The summed E-state index contributed by atoms with van der Waals surface area (Å²) in [6.45, 7) is 8.05. The predicted octanol–water partition coefficient (Wildman–Crippen LogP) is 2.28. The van der Waals surface area contributed by atoms with Crippen molar-refractivity contribution in [3.05, 3.63) is 28.3 Å². The van der Waals surface area contributed by atoms with Crippen molar-refractivity contribution in [3.8, 4) is 5.75 Å². The van der Waals surface area contributed by atoms with Crippen molar-refractivity contribution in [2.24, 2.45) is 0 Å². The average molecular weight is 284 g/mol. The quantitative estimate of drug-likeness (QED) is 0.799. The van der Waals surface area contributed by atoms with E-state index in [9.17, 15) is 8.42 Å². The molecule has 0 amide bonds. The topological polar surface area (TPSA) is 52.6 Å². The monoisotopic (exact) mass is 284 g/mol. The maximum Gasteiger partial charge on any atom is 0.264 e. The maximum absolute atomic E-state index is 11.1. The summed E-state index contributed by atoms with van der Waals surface area (Å²) in [7, 11) is -3.45. The van der Waals surface area contributed by atoms with Gasteiger partial charge in [-0.25, -0.2) is 0 Å². The lowest BCUT2D eigenvalue weighted by Crippen LogP contribution is -2.37. The van der Waals surface area contributed by atoms with Crippen LogP contribution in [0.3, 0.4) is 0 Å². The van der Waals surface area contributed by atoms with Crippen molar-refractivity contribution in [1.29, 1.82) is 0 Å². The minimum absolute atomic E-state index is 0.0401. The smallest absolute Gasteiger partial charge is 0.264 e. The SMILES string of the molecule is Cc1cc(C)c2c(c1C)O[C@](C)(COS(C)(=O)=O)C2. The lowest BCUT2D eigenvalue weighted by molar-refractivity contribution is 0.0585. The Morgan fingerprint density at radius 3 is 2.53 bits per heavy atom. The van der Waals surface area contributed by atoms with Crippen LogP contribution in [-0.4, -0.2) is 26.9 Å². The highest BCUT2D eigenvalue weighted by Crippen LogP contribution is 2.41. The van der Waals surface area contributed by atoms with Crippen molar-refractivity contribution in [3.63, 3.8) is 0 Å². The van der Waals surface area contributed by atoms with Gasteiger partial charge in [-0.3, -0.25) is 4.18 Å². The highest BCUT2D eigenvalue weighted by atomic mass is 32.2. The van der Waals surface area contributed by atoms with Gasteiger partial charge in [-0.15, -0.1) is 0 Å². The van der Waals surface area contributed by atoms with E-state index in [1.807, 2.05) is 13.8 Å². The highest BCUT2D eigenvalue weighted by Gasteiger charge is 2.38. The Morgan fingerprint density at radius 1 is 1.32 bits per heavy atom. The van der Waals surface area contributed by atoms with Gasteiger partial charge in [0.1, 0.15) is 18.0 Å². The fourth-order valence-corrected chi connectivity index (χ4v) is 2.89. The molecule has 19 heavy (non-hydrogen) atoms. The largest absolute Gasteiger partial charge is 0.484 e. The minimum Gasteiger partial charge on any atom is -0.484 e. The Kier molecular flexibility index (Phi) is 3.39. The van der Waals surface area contributed by atoms with Crippen LogP contribution in [0.5, 0.6) is 5.75 Å². The van der Waals surface area contributed by atoms with E-state index in [-0.39, 0.29) is 6.61 Å². The van der Waals surface area contributed by atoms with E-state index >= 15 is 0 Å². The third-order valence-corrected chi connectivity index (χ3v) is 4.14. The molecule has 4 nitrogen and oxygen atoms in total. The van der Waals surface area contributed by atoms with Crippen molar-refractivity contribution >= 4 is 10.1 Å². The van der Waals surface area contributed by atoms with Crippen LogP contribution < -0.4 is 4.74 Å². The molecule has 0 fully saturated rings. The van der Waals surface area contributed by atoms with E-state index in [1.165, 1.54) is 11.1 Å². The maximum atomic E-state index is 11.1. The zero-order valence-corrected chi connectivity index (χ0v) is 12.8. The van der Waals surface area contributed by atoms with Crippen LogP contribution in [0.15, 0.2) is 6.07 Å². The Balaban J connectivity index is 2.29. The van der Waals surface area contributed by atoms with E-state index < -0.39 is 15.7 Å². The Bertz CT molecular complexity index is 619. The van der Waals surface area contributed by atoms with E-state index in [2.05, 4.69) is 19.9 Å². The molecule has 0 saturated carbocycles. The van der Waals surface area contributed by atoms with Gasteiger partial charge in [-0.2, -0.15) is 8.42 Å². The molecular weight excluding hydrogens is 264 g/mol. The summed E-state index contributed by atoms with van der Waals surface area (Å²) in [5, 5.41) is 0. The number of fused-ring (bicyclic) bond motifs is 1. The van der Waals surface area contributed by atoms with Crippen LogP contribution >= 0.6 is 0 Å². The molecule has 2 rings (SSSR count). The molecule has 1 aliphatic rings. The van der Waals surface area contributed by atoms with Gasteiger partial charge in [0.2, 0.25) is 0 Å². The van der Waals surface area contributed by atoms with Crippen molar-refractivity contribution < 1.29 is 17.3 Å². The molecule has 0 N–H and O–H groups in total. The summed E-state index contributed by atoms with van der Waals surface area (Å²) in [5.41, 5.74) is 4.02. The van der Waals surface area contributed by atoms with Crippen molar-refractivity contribution in [2.75, 3.05) is 12.9 Å². The summed E-state index contributed by atoms with van der Waals surface area (Å²) in [6, 6.07) is 2.14. The zero-order chi connectivity index (χ0) is 14.4. The van der Waals surface area contributed by atoms with Gasteiger partial charge in [0, 0.05) is 12.0 Å². The number of rotatable bonds is 3. The van der Waals surface area contributed by atoms with E-state index in [0.29, 0.717) is 6.42 Å². The van der Waals surface area contributed by atoms with Crippen LogP contribution in [0.25, 0.3) is 0 Å². The van der Waals surface area contributed by atoms with Gasteiger partial charge < -0.3 is 4.74 Å². The summed E-state index contributed by atoms with van der Waals surface area (Å²) in [5.74, 6) is 0.886. The summed E-state index contributed by atoms with van der Waals surface area (Å²) in [6.07, 6.45) is 1.73. The first-order valence-electron chi connectivity index (χ1n) is 6.24. The van der Waals surface area contributed by atoms with Gasteiger partial charge in [0.25, 0.3) is 10.1 Å². The standard InChI is InChI=1S/C14H20O4S/c1-9-6-10(2)12-7-14(4,8-17-19(5,15)16)18-13(12)11(9)3/h6H,7-8H2,1-5H3/t14-/m0/s1. The number of benzene rings is 1. The lowest BCUT2D eigenvalue weighted by Gasteiger charge is -2.23. The molecule has 0 aromatic heterocycles. The minimum atomic E-state index is -3.45. The van der Waals surface area contributed by atoms with Crippen molar-refractivity contribution in [2.45, 2.75) is 39.7 Å². The third-order valence-electron chi connectivity index (χ3n) is 3.59. The molecule has 1 heterocycles. The normalized spacial score (nSPS) is 22.2. The first-order valence-corrected chi connectivity index (χ1v) is 8.06. The van der Waals surface area contributed by atoms with E-state index in [0.717, 1.165) is 23.1 Å². The molecule has 1 aliphatic heterocycles. The first kappa shape index (κ1) is 14.3. The van der Waals surface area contributed by atoms with Crippen LogP contribution in [0.4, 0.5) is 0 Å². The second-order valence-corrected chi connectivity index (χ2v) is 7.28. The Morgan fingerprint density at radius 2 is 1.95 bits per heavy atom. The summed E-state index contributed by atoms with van der Waals surface area (Å²) >= 11 is 0. The van der Waals surface area contributed by atoms with Crippen molar-refractivity contribution in [1.82, 2.24) is 0 Å². The van der Waals surface area contributed by atoms with Crippen LogP contribution in [0, 0.1) is 20.8 Å². The predicted molar refractivity (Wildman–Crippen MR) is 74.2 cm³/mol. The van der Waals surface area contributed by atoms with Crippen LogP contribution in [-0.2, 0) is 20.7 Å². The molecule has 1 aromatic rings. The van der Waals surface area contributed by atoms with Gasteiger partial charge in [-0.05, 0) is 44.4 Å². The Hall–Kier alpha value is -1.07. The third kappa shape index (κ3) is 2.92. The molecule has 5 heteroatoms. The molecule has 1 aromatic carbocycles. The van der Waals surface area contributed by atoms with Gasteiger partial charge in [-0.1, -0.05) is 6.07 Å². The fraction of sp³-hybridized carbons (Fsp3) is 0.571. The molecule has 0 radical (unpaired) electrons. The second-order valence-electron chi connectivity index (χ2n) is 5.64. The fourth-order valence-electron chi connectivity index (χ4n) is 2.43. The van der Waals surface area contributed by atoms with Crippen LogP contribution in [0.1, 0.15) is 29.2 Å². The van der Waals surface area contributed by atoms with Gasteiger partial charge in [0.15, 0.2) is 0 Å². The van der Waals surface area contributed by atoms with E-state index in [4.69, 9.17) is 8.92 Å². The van der Waals surface area contributed by atoms with Crippen LogP contribution in [0.2, 0.25) is 0 Å². The molecular formula is C14H20O4S. The second kappa shape index (κ2) is 4.49. The molecule has 0 aliphatic carbocycles. The molecule has 0 spiro atoms. The summed E-state index contributed by atoms with van der Waals surface area (Å²) < 4.78 is 33.1. The molecule has 0 bridgehead atoms. The summed E-state index contributed by atoms with van der Waals surface area (Å²) in [4.78, 5) is 0. The first-order chi connectivity index (χ1) is 8.61. The van der Waals surface area contributed by atoms with Gasteiger partial charge >= 0.3 is 0 Å².